The van der Waals surface area contributed by atoms with Crippen LogP contribution in [0.15, 0.2) is 0 Å². The van der Waals surface area contributed by atoms with E-state index in [-0.39, 0.29) is 24.6 Å². The lowest BCUT2D eigenvalue weighted by Gasteiger charge is -2.11. The van der Waals surface area contributed by atoms with E-state index < -0.39 is 0 Å². The quantitative estimate of drug-likeness (QED) is 0.610. The third-order valence-electron chi connectivity index (χ3n) is 1.30. The molecule has 0 bridgehead atoms. The first-order valence-corrected chi connectivity index (χ1v) is 4.39. The molecule has 0 aliphatic rings. The second-order valence-corrected chi connectivity index (χ2v) is 2.85. The first-order chi connectivity index (χ1) is 6.06. The normalized spacial score (nSPS) is 11.9. The number of hydrogen-bond donors (Lipinski definition) is 0. The lowest BCUT2D eigenvalue weighted by Crippen LogP contribution is -2.20. The van der Waals surface area contributed by atoms with Gasteiger partial charge in [-0.2, -0.15) is 0 Å². The molecule has 1 unspecified atom stereocenters. The van der Waals surface area contributed by atoms with Crippen molar-refractivity contribution in [2.75, 3.05) is 6.61 Å². The Labute approximate surface area is 78.2 Å². The first-order valence-electron chi connectivity index (χ1n) is 4.39. The third kappa shape index (κ3) is 7.31. The van der Waals surface area contributed by atoms with Crippen molar-refractivity contribution >= 4 is 11.9 Å². The highest BCUT2D eigenvalue weighted by Gasteiger charge is 2.08. The van der Waals surface area contributed by atoms with Crippen molar-refractivity contribution in [2.45, 2.75) is 39.7 Å². The summed E-state index contributed by atoms with van der Waals surface area (Å²) in [6.45, 7) is 5.04. The van der Waals surface area contributed by atoms with E-state index in [0.29, 0.717) is 6.42 Å². The van der Waals surface area contributed by atoms with Gasteiger partial charge in [0.25, 0.3) is 0 Å². The molecular weight excluding hydrogens is 172 g/mol. The number of esters is 2. The van der Waals surface area contributed by atoms with E-state index in [0.717, 1.165) is 6.42 Å². The summed E-state index contributed by atoms with van der Waals surface area (Å²) < 4.78 is 9.59. The third-order valence-corrected chi connectivity index (χ3v) is 1.30. The molecule has 4 heteroatoms. The first kappa shape index (κ1) is 11.9. The molecule has 0 saturated carbocycles. The minimum Gasteiger partial charge on any atom is -0.462 e. The summed E-state index contributed by atoms with van der Waals surface area (Å²) in [6, 6.07) is 0. The van der Waals surface area contributed by atoms with Gasteiger partial charge in [0.1, 0.15) is 12.7 Å². The van der Waals surface area contributed by atoms with E-state index in [4.69, 9.17) is 9.47 Å². The average molecular weight is 188 g/mol. The van der Waals surface area contributed by atoms with Crippen molar-refractivity contribution in [3.8, 4) is 0 Å². The molecule has 0 aromatic rings. The minimum atomic E-state index is -0.363. The second kappa shape index (κ2) is 6.46. The maximum absolute atomic E-state index is 10.9. The average Bonchev–Trinajstić information content (AvgIpc) is 2.00. The van der Waals surface area contributed by atoms with Crippen LogP contribution in [0.1, 0.15) is 33.6 Å². The molecule has 0 amide bonds. The Morgan fingerprint density at radius 1 is 1.38 bits per heavy atom. The topological polar surface area (TPSA) is 52.6 Å². The number of carbonyl (C=O) groups is 2. The van der Waals surface area contributed by atoms with Gasteiger partial charge in [-0.15, -0.1) is 0 Å². The predicted octanol–water partition coefficient (Wildman–Crippen LogP) is 1.28. The smallest absolute Gasteiger partial charge is 0.305 e. The highest BCUT2D eigenvalue weighted by Crippen LogP contribution is 1.96. The van der Waals surface area contributed by atoms with Gasteiger partial charge in [-0.05, 0) is 13.3 Å². The summed E-state index contributed by atoms with van der Waals surface area (Å²) in [5.41, 5.74) is 0. The Morgan fingerprint density at radius 2 is 2.00 bits per heavy atom. The molecule has 13 heavy (non-hydrogen) atoms. The summed E-state index contributed by atoms with van der Waals surface area (Å²) >= 11 is 0. The maximum atomic E-state index is 10.9. The van der Waals surface area contributed by atoms with Crippen LogP contribution < -0.4 is 0 Å². The summed E-state index contributed by atoms with van der Waals surface area (Å²) in [5, 5.41) is 0. The molecule has 0 spiro atoms. The van der Waals surface area contributed by atoms with Crippen LogP contribution in [-0.2, 0) is 19.1 Å². The molecule has 0 rings (SSSR count). The van der Waals surface area contributed by atoms with E-state index >= 15 is 0 Å². The maximum Gasteiger partial charge on any atom is 0.305 e. The van der Waals surface area contributed by atoms with Gasteiger partial charge in [0.05, 0.1) is 0 Å². The fraction of sp³-hybridized carbons (Fsp3) is 0.778. The van der Waals surface area contributed by atoms with Gasteiger partial charge in [-0.1, -0.05) is 6.92 Å². The highest BCUT2D eigenvalue weighted by molar-refractivity contribution is 5.69. The van der Waals surface area contributed by atoms with Crippen molar-refractivity contribution < 1.29 is 19.1 Å². The van der Waals surface area contributed by atoms with Crippen LogP contribution in [0.3, 0.4) is 0 Å². The Kier molecular flexibility index (Phi) is 5.93. The fourth-order valence-electron chi connectivity index (χ4n) is 0.804. The van der Waals surface area contributed by atoms with E-state index in [2.05, 4.69) is 0 Å². The SMILES string of the molecule is CCCC(=O)OCC(C)OC(C)=O. The van der Waals surface area contributed by atoms with Crippen molar-refractivity contribution in [1.82, 2.24) is 0 Å². The lowest BCUT2D eigenvalue weighted by molar-refractivity contribution is -0.156. The Hall–Kier alpha value is -1.06. The van der Waals surface area contributed by atoms with Crippen molar-refractivity contribution in [1.29, 1.82) is 0 Å². The molecule has 4 nitrogen and oxygen atoms in total. The molecular formula is C9H16O4. The molecule has 0 aliphatic carbocycles. The molecule has 0 aliphatic heterocycles. The van der Waals surface area contributed by atoms with Gasteiger partial charge in [0.15, 0.2) is 0 Å². The Balaban J connectivity index is 3.51. The predicted molar refractivity (Wildman–Crippen MR) is 47.1 cm³/mol. The van der Waals surface area contributed by atoms with Crippen LogP contribution in [0, 0.1) is 0 Å². The van der Waals surface area contributed by atoms with Gasteiger partial charge >= 0.3 is 11.9 Å². The Morgan fingerprint density at radius 3 is 2.46 bits per heavy atom. The lowest BCUT2D eigenvalue weighted by atomic mass is 10.3. The second-order valence-electron chi connectivity index (χ2n) is 2.85. The van der Waals surface area contributed by atoms with Crippen LogP contribution in [0.5, 0.6) is 0 Å². The molecule has 0 heterocycles. The number of ether oxygens (including phenoxy) is 2. The summed E-state index contributed by atoms with van der Waals surface area (Å²) in [6.07, 6.45) is 0.811. The van der Waals surface area contributed by atoms with Crippen LogP contribution in [0.25, 0.3) is 0 Å². The molecule has 0 aromatic carbocycles. The zero-order chi connectivity index (χ0) is 10.3. The molecule has 0 fully saturated rings. The van der Waals surface area contributed by atoms with E-state index in [1.165, 1.54) is 6.92 Å². The van der Waals surface area contributed by atoms with Crippen molar-refractivity contribution in [3.05, 3.63) is 0 Å². The van der Waals surface area contributed by atoms with Crippen molar-refractivity contribution in [2.24, 2.45) is 0 Å². The largest absolute Gasteiger partial charge is 0.462 e. The van der Waals surface area contributed by atoms with Gasteiger partial charge in [0.2, 0.25) is 0 Å². The zero-order valence-electron chi connectivity index (χ0n) is 8.33. The number of hydrogen-bond acceptors (Lipinski definition) is 4. The van der Waals surface area contributed by atoms with Crippen LogP contribution in [0.2, 0.25) is 0 Å². The molecule has 0 saturated heterocycles. The molecule has 0 aromatic heterocycles. The van der Waals surface area contributed by atoms with Gasteiger partial charge in [0, 0.05) is 13.3 Å². The molecule has 0 radical (unpaired) electrons. The monoisotopic (exact) mass is 188 g/mol. The molecule has 76 valence electrons. The number of rotatable bonds is 5. The van der Waals surface area contributed by atoms with E-state index in [9.17, 15) is 9.59 Å². The molecule has 0 N–H and O–H groups in total. The highest BCUT2D eigenvalue weighted by atomic mass is 16.6. The van der Waals surface area contributed by atoms with E-state index in [1.54, 1.807) is 6.92 Å². The zero-order valence-corrected chi connectivity index (χ0v) is 8.33. The summed E-state index contributed by atoms with van der Waals surface area (Å²) in [4.78, 5) is 21.3. The van der Waals surface area contributed by atoms with Crippen molar-refractivity contribution in [3.63, 3.8) is 0 Å². The molecule has 1 atom stereocenters. The Bertz CT molecular complexity index is 176. The van der Waals surface area contributed by atoms with Crippen LogP contribution in [-0.4, -0.2) is 24.6 Å². The standard InChI is InChI=1S/C9H16O4/c1-4-5-9(11)12-6-7(2)13-8(3)10/h7H,4-6H2,1-3H3. The van der Waals surface area contributed by atoms with Gasteiger partial charge < -0.3 is 9.47 Å². The van der Waals surface area contributed by atoms with E-state index in [1.807, 2.05) is 6.92 Å². The fourth-order valence-corrected chi connectivity index (χ4v) is 0.804. The van der Waals surface area contributed by atoms with Crippen LogP contribution >= 0.6 is 0 Å². The van der Waals surface area contributed by atoms with Gasteiger partial charge in [-0.3, -0.25) is 9.59 Å². The number of carbonyl (C=O) groups excluding carboxylic acids is 2. The minimum absolute atomic E-state index is 0.137. The summed E-state index contributed by atoms with van der Waals surface area (Å²) in [5.74, 6) is -0.611. The van der Waals surface area contributed by atoms with Crippen LogP contribution in [0.4, 0.5) is 0 Å². The summed E-state index contributed by atoms with van der Waals surface area (Å²) in [7, 11) is 0. The van der Waals surface area contributed by atoms with Gasteiger partial charge in [-0.25, -0.2) is 0 Å².